The molecule has 6 fully saturated rings. The number of aliphatic hydroxyl groups excluding tert-OH is 10. The summed E-state index contributed by atoms with van der Waals surface area (Å²) in [5.41, 5.74) is 0. The van der Waals surface area contributed by atoms with Crippen molar-refractivity contribution >= 4 is 5.97 Å². The lowest BCUT2D eigenvalue weighted by atomic mass is 9.73. The second kappa shape index (κ2) is 18.3. The Morgan fingerprint density at radius 1 is 0.604 bits per heavy atom. The van der Waals surface area contributed by atoms with Crippen LogP contribution in [0.2, 0.25) is 0 Å². The largest absolute Gasteiger partial charge is 0.460 e. The number of hydrogen-bond acceptors (Lipinski definition) is 17. The van der Waals surface area contributed by atoms with E-state index in [-0.39, 0.29) is 37.2 Å². The summed E-state index contributed by atoms with van der Waals surface area (Å²) in [4.78, 5) is 12.5. The molecule has 6 aliphatic rings. The number of rotatable bonds is 10. The molecule has 0 amide bonds. The van der Waals surface area contributed by atoms with E-state index >= 15 is 0 Å². The lowest BCUT2D eigenvalue weighted by Gasteiger charge is -2.52. The van der Waals surface area contributed by atoms with Gasteiger partial charge in [0.05, 0.1) is 49.3 Å². The van der Waals surface area contributed by atoms with Gasteiger partial charge in [-0.25, -0.2) is 4.79 Å². The van der Waals surface area contributed by atoms with E-state index in [0.29, 0.717) is 38.5 Å². The van der Waals surface area contributed by atoms with Gasteiger partial charge in [0.15, 0.2) is 12.6 Å². The van der Waals surface area contributed by atoms with E-state index in [1.807, 2.05) is 0 Å². The molecule has 3 aliphatic carbocycles. The fraction of sp³-hybridized carbons (Fsp3) is 0.917. The Bertz CT molecular complexity index is 1190. The van der Waals surface area contributed by atoms with Crippen LogP contribution in [0.4, 0.5) is 0 Å². The molecule has 0 radical (unpaired) electrons. The number of aliphatic hydroxyl groups is 10. The van der Waals surface area contributed by atoms with Gasteiger partial charge in [0, 0.05) is 18.4 Å². The van der Waals surface area contributed by atoms with Crippen LogP contribution in [0.1, 0.15) is 70.6 Å². The van der Waals surface area contributed by atoms with E-state index in [4.69, 9.17) is 28.4 Å². The highest BCUT2D eigenvalue weighted by Gasteiger charge is 2.53. The van der Waals surface area contributed by atoms with E-state index in [0.717, 1.165) is 12.8 Å². The second-order valence-electron chi connectivity index (χ2n) is 15.9. The maximum absolute atomic E-state index is 12.5. The van der Waals surface area contributed by atoms with Crippen LogP contribution in [-0.2, 0) is 33.2 Å². The van der Waals surface area contributed by atoms with Crippen molar-refractivity contribution in [2.24, 2.45) is 17.8 Å². The van der Waals surface area contributed by atoms with Crippen LogP contribution < -0.4 is 0 Å². The highest BCUT2D eigenvalue weighted by Crippen LogP contribution is 2.45. The van der Waals surface area contributed by atoms with Crippen LogP contribution in [0.15, 0.2) is 12.2 Å². The summed E-state index contributed by atoms with van der Waals surface area (Å²) in [5.74, 6) is -1.11. The Morgan fingerprint density at radius 2 is 1.17 bits per heavy atom. The Hall–Kier alpha value is -1.39. The fourth-order valence-electron chi connectivity index (χ4n) is 8.92. The maximum atomic E-state index is 12.5. The molecule has 0 aromatic carbocycles. The van der Waals surface area contributed by atoms with Gasteiger partial charge in [-0.05, 0) is 76.0 Å². The van der Waals surface area contributed by atoms with Gasteiger partial charge in [0.2, 0.25) is 0 Å². The molecule has 3 saturated heterocycles. The van der Waals surface area contributed by atoms with Gasteiger partial charge in [-0.1, -0.05) is 6.08 Å². The van der Waals surface area contributed by atoms with E-state index < -0.39 is 123 Å². The Balaban J connectivity index is 1.14. The molecule has 0 aromatic rings. The van der Waals surface area contributed by atoms with Crippen molar-refractivity contribution < 1.29 is 84.3 Å². The quantitative estimate of drug-likeness (QED) is 0.0813. The van der Waals surface area contributed by atoms with Crippen molar-refractivity contribution in [3.8, 4) is 0 Å². The molecule has 3 saturated carbocycles. The number of allylic oxidation sites excluding steroid dienone is 1. The SMILES string of the molecule is O=C(C=CC1CCC(O)CC1)OC[C@H]1O[C@@H](OC2CC(O)CC3OC(C4CCC(O)CC4)C(O[C@@H]4O[C@H](CO)[C@H](O)[C@H](O)[C@H]4O)CC32)[C@H](O)[C@@H](O)[C@@H]1O. The highest BCUT2D eigenvalue weighted by molar-refractivity contribution is 5.81. The molecule has 6 rings (SSSR count). The smallest absolute Gasteiger partial charge is 0.330 e. The van der Waals surface area contributed by atoms with Crippen molar-refractivity contribution in [1.29, 1.82) is 0 Å². The standard InChI is InChI=1S/C36H58O17/c37-14-25-28(42)30(44)32(46)36(52-25)51-24-13-21-22(49-34(24)17-4-8-19(39)9-5-17)11-20(40)12-23(21)50-35-33(47)31(45)29(43)26(53-35)15-48-27(41)10-3-16-1-6-18(38)7-2-16/h3,10,16-26,28-40,42-47H,1-2,4-9,11-15H2/t16?,17?,18?,19?,20?,21?,22?,23?,24?,25-,26-,28+,29-,30+,31+,32-,33-,34?,35-,36-/m1/s1. The normalized spacial score (nSPS) is 49.7. The third-order valence-corrected chi connectivity index (χ3v) is 12.1. The topological polar surface area (TPSA) is 275 Å². The number of carbonyl (C=O) groups excluding carboxylic acids is 1. The molecule has 53 heavy (non-hydrogen) atoms. The Kier molecular flexibility index (Phi) is 14.2. The van der Waals surface area contributed by atoms with Crippen molar-refractivity contribution in [3.05, 3.63) is 12.2 Å². The molecule has 10 N–H and O–H groups in total. The summed E-state index contributed by atoms with van der Waals surface area (Å²) < 4.78 is 36.1. The first-order chi connectivity index (χ1) is 25.3. The van der Waals surface area contributed by atoms with Gasteiger partial charge in [-0.2, -0.15) is 0 Å². The minimum atomic E-state index is -1.72. The Labute approximate surface area is 308 Å². The molecule has 0 aromatic heterocycles. The fourth-order valence-corrected chi connectivity index (χ4v) is 8.92. The molecule has 0 spiro atoms. The third kappa shape index (κ3) is 9.77. The minimum Gasteiger partial charge on any atom is -0.460 e. The van der Waals surface area contributed by atoms with Gasteiger partial charge in [-0.3, -0.25) is 0 Å². The molecule has 6 unspecified atom stereocenters. The summed E-state index contributed by atoms with van der Waals surface area (Å²) in [6.07, 6.45) is -11.0. The van der Waals surface area contributed by atoms with Crippen LogP contribution in [-0.4, -0.2) is 174 Å². The summed E-state index contributed by atoms with van der Waals surface area (Å²) in [6, 6.07) is 0. The van der Waals surface area contributed by atoms with Gasteiger partial charge < -0.3 is 79.5 Å². The van der Waals surface area contributed by atoms with Crippen molar-refractivity contribution in [2.45, 2.75) is 175 Å². The zero-order valence-electron chi connectivity index (χ0n) is 29.7. The predicted octanol–water partition coefficient (Wildman–Crippen LogP) is -2.51. The molecule has 3 heterocycles. The lowest BCUT2D eigenvalue weighted by Crippen LogP contribution is -2.63. The van der Waals surface area contributed by atoms with E-state index in [2.05, 4.69) is 0 Å². The Morgan fingerprint density at radius 3 is 1.79 bits per heavy atom. The molecule has 16 atom stereocenters. The number of fused-ring (bicyclic) bond motifs is 1. The first-order valence-corrected chi connectivity index (χ1v) is 19.2. The van der Waals surface area contributed by atoms with Crippen molar-refractivity contribution in [1.82, 2.24) is 0 Å². The minimum absolute atomic E-state index is 0.0679. The van der Waals surface area contributed by atoms with Gasteiger partial charge in [0.25, 0.3) is 0 Å². The van der Waals surface area contributed by atoms with Crippen LogP contribution in [0.25, 0.3) is 0 Å². The molecule has 3 aliphatic heterocycles. The average molecular weight is 763 g/mol. The summed E-state index contributed by atoms with van der Waals surface area (Å²) in [7, 11) is 0. The maximum Gasteiger partial charge on any atom is 0.330 e. The molecular weight excluding hydrogens is 704 g/mol. The molecule has 17 nitrogen and oxygen atoms in total. The van der Waals surface area contributed by atoms with Crippen LogP contribution >= 0.6 is 0 Å². The summed E-state index contributed by atoms with van der Waals surface area (Å²) in [5, 5.41) is 104. The summed E-state index contributed by atoms with van der Waals surface area (Å²) >= 11 is 0. The molecular formula is C36H58O17. The number of hydrogen-bond donors (Lipinski definition) is 10. The zero-order chi connectivity index (χ0) is 38.0. The second-order valence-corrected chi connectivity index (χ2v) is 15.9. The monoisotopic (exact) mass is 762 g/mol. The van der Waals surface area contributed by atoms with Gasteiger partial charge in [0.1, 0.15) is 55.4 Å². The molecule has 17 heteroatoms. The third-order valence-electron chi connectivity index (χ3n) is 12.1. The number of carbonyl (C=O) groups is 1. The predicted molar refractivity (Wildman–Crippen MR) is 178 cm³/mol. The zero-order valence-corrected chi connectivity index (χ0v) is 29.7. The number of ether oxygens (including phenoxy) is 6. The molecule has 304 valence electrons. The van der Waals surface area contributed by atoms with Crippen LogP contribution in [0, 0.1) is 17.8 Å². The van der Waals surface area contributed by atoms with E-state index in [1.54, 1.807) is 6.08 Å². The van der Waals surface area contributed by atoms with Gasteiger partial charge >= 0.3 is 5.97 Å². The van der Waals surface area contributed by atoms with Crippen LogP contribution in [0.5, 0.6) is 0 Å². The number of esters is 1. The average Bonchev–Trinajstić information content (AvgIpc) is 3.14. The summed E-state index contributed by atoms with van der Waals surface area (Å²) in [6.45, 7) is -1.09. The lowest BCUT2D eigenvalue weighted by molar-refractivity contribution is -0.344. The molecule has 0 bridgehead atoms. The van der Waals surface area contributed by atoms with Crippen molar-refractivity contribution in [2.75, 3.05) is 13.2 Å². The first kappa shape index (κ1) is 41.2. The van der Waals surface area contributed by atoms with Crippen molar-refractivity contribution in [3.63, 3.8) is 0 Å². The first-order valence-electron chi connectivity index (χ1n) is 19.2. The van der Waals surface area contributed by atoms with Gasteiger partial charge in [-0.15, -0.1) is 0 Å². The van der Waals surface area contributed by atoms with E-state index in [1.165, 1.54) is 6.08 Å². The van der Waals surface area contributed by atoms with E-state index in [9.17, 15) is 55.9 Å². The highest BCUT2D eigenvalue weighted by atomic mass is 16.7. The van der Waals surface area contributed by atoms with Crippen LogP contribution in [0.3, 0.4) is 0 Å².